The maximum Gasteiger partial charge on any atom is 0.248 e. The predicted octanol–water partition coefficient (Wildman–Crippen LogP) is 6.15. The molecule has 0 bridgehead atoms. The molecule has 0 N–H and O–H groups in total. The molecule has 2 fully saturated rings. The quantitative estimate of drug-likeness (QED) is 0.382. The van der Waals surface area contributed by atoms with Crippen LogP contribution in [0.4, 0.5) is 8.78 Å². The number of amides is 1. The summed E-state index contributed by atoms with van der Waals surface area (Å²) >= 11 is 1.53. The summed E-state index contributed by atoms with van der Waals surface area (Å²) in [5, 5.41) is -0.804. The molecule has 5 nitrogen and oxygen atoms in total. The fraction of sp³-hybridized carbons (Fsp3) is 0.481. The van der Waals surface area contributed by atoms with Crippen LogP contribution in [-0.2, 0) is 21.2 Å². The van der Waals surface area contributed by atoms with Crippen LogP contribution in [0.1, 0.15) is 56.1 Å². The summed E-state index contributed by atoms with van der Waals surface area (Å²) in [5.74, 6) is -3.63. The molecule has 2 atom stereocenters. The van der Waals surface area contributed by atoms with Gasteiger partial charge >= 0.3 is 0 Å². The lowest BCUT2D eigenvalue weighted by atomic mass is 9.90. The van der Waals surface area contributed by atoms with Gasteiger partial charge in [-0.3, -0.25) is 4.79 Å². The number of carbonyl (C=O) groups is 1. The van der Waals surface area contributed by atoms with Crippen molar-refractivity contribution in [2.45, 2.75) is 80.5 Å². The number of hydrogen-bond acceptors (Lipinski definition) is 5. The van der Waals surface area contributed by atoms with Crippen molar-refractivity contribution in [1.82, 2.24) is 9.88 Å². The minimum absolute atomic E-state index is 0.208. The summed E-state index contributed by atoms with van der Waals surface area (Å²) in [4.78, 5) is 20.3. The number of alkyl halides is 2. The third-order valence-electron chi connectivity index (χ3n) is 7.68. The normalized spacial score (nSPS) is 22.6. The van der Waals surface area contributed by atoms with Gasteiger partial charge < -0.3 is 4.90 Å². The second kappa shape index (κ2) is 9.82. The molecule has 36 heavy (non-hydrogen) atoms. The fourth-order valence-electron chi connectivity index (χ4n) is 5.62. The molecule has 3 aromatic rings. The first-order valence-corrected chi connectivity index (χ1v) is 14.9. The Kier molecular flexibility index (Phi) is 6.89. The Labute approximate surface area is 214 Å². The van der Waals surface area contributed by atoms with Gasteiger partial charge in [-0.05, 0) is 62.4 Å². The van der Waals surface area contributed by atoms with Gasteiger partial charge in [0.05, 0.1) is 31.8 Å². The molecule has 2 saturated carbocycles. The zero-order valence-corrected chi connectivity index (χ0v) is 21.8. The second-order valence-electron chi connectivity index (χ2n) is 10.1. The SMILES string of the molecule is Cc1ccc(S(=O)(=O)[C@H]2CCC[C@@H]2C(=O)N(Cc2ccc3scnc3c2)C2CCC(F)(F)CC2)cc1. The van der Waals surface area contributed by atoms with Gasteiger partial charge in [0.2, 0.25) is 11.8 Å². The van der Waals surface area contributed by atoms with Gasteiger partial charge in [-0.2, -0.15) is 0 Å². The van der Waals surface area contributed by atoms with Crippen LogP contribution >= 0.6 is 11.3 Å². The van der Waals surface area contributed by atoms with Crippen LogP contribution in [0.3, 0.4) is 0 Å². The number of aromatic nitrogens is 1. The average Bonchev–Trinajstić information content (AvgIpc) is 3.52. The zero-order chi connectivity index (χ0) is 25.5. The molecule has 5 rings (SSSR count). The lowest BCUT2D eigenvalue weighted by Crippen LogP contribution is -2.48. The molecular formula is C27H30F2N2O3S2. The van der Waals surface area contributed by atoms with E-state index in [2.05, 4.69) is 4.98 Å². The van der Waals surface area contributed by atoms with Crippen LogP contribution in [0.25, 0.3) is 10.2 Å². The maximum atomic E-state index is 14.0. The Bertz CT molecular complexity index is 1340. The van der Waals surface area contributed by atoms with E-state index in [4.69, 9.17) is 0 Å². The molecular weight excluding hydrogens is 502 g/mol. The minimum Gasteiger partial charge on any atom is -0.335 e. The van der Waals surface area contributed by atoms with Crippen molar-refractivity contribution in [2.24, 2.45) is 5.92 Å². The zero-order valence-electron chi connectivity index (χ0n) is 20.2. The maximum absolute atomic E-state index is 14.0. The van der Waals surface area contributed by atoms with Gasteiger partial charge in [0.15, 0.2) is 9.84 Å². The van der Waals surface area contributed by atoms with E-state index in [0.29, 0.717) is 19.3 Å². The largest absolute Gasteiger partial charge is 0.335 e. The Balaban J connectivity index is 1.44. The van der Waals surface area contributed by atoms with E-state index in [0.717, 1.165) is 21.3 Å². The number of nitrogens with zero attached hydrogens (tertiary/aromatic N) is 2. The van der Waals surface area contributed by atoms with Gasteiger partial charge in [-0.1, -0.05) is 30.2 Å². The van der Waals surface area contributed by atoms with E-state index in [-0.39, 0.29) is 49.1 Å². The van der Waals surface area contributed by atoms with E-state index in [1.54, 1.807) is 34.7 Å². The van der Waals surface area contributed by atoms with Gasteiger partial charge in [0.1, 0.15) is 0 Å². The fourth-order valence-corrected chi connectivity index (χ4v) is 8.30. The Morgan fingerprint density at radius 1 is 1.08 bits per heavy atom. The Morgan fingerprint density at radius 3 is 2.53 bits per heavy atom. The number of hydrogen-bond donors (Lipinski definition) is 0. The highest BCUT2D eigenvalue weighted by Gasteiger charge is 2.46. The number of benzene rings is 2. The molecule has 2 aliphatic rings. The number of aryl methyl sites for hydroxylation is 1. The van der Waals surface area contributed by atoms with Crippen molar-refractivity contribution in [3.8, 4) is 0 Å². The van der Waals surface area contributed by atoms with E-state index >= 15 is 0 Å². The van der Waals surface area contributed by atoms with Crippen LogP contribution < -0.4 is 0 Å². The summed E-state index contributed by atoms with van der Waals surface area (Å²) in [7, 11) is -3.70. The van der Waals surface area contributed by atoms with Gasteiger partial charge in [-0.15, -0.1) is 11.3 Å². The molecule has 1 amide bonds. The van der Waals surface area contributed by atoms with E-state index in [9.17, 15) is 22.0 Å². The lowest BCUT2D eigenvalue weighted by molar-refractivity contribution is -0.141. The molecule has 0 unspecified atom stereocenters. The summed E-state index contributed by atoms with van der Waals surface area (Å²) in [6.07, 6.45) is 1.45. The number of rotatable bonds is 6. The first-order valence-electron chi connectivity index (χ1n) is 12.4. The van der Waals surface area contributed by atoms with Crippen LogP contribution in [0, 0.1) is 12.8 Å². The Morgan fingerprint density at radius 2 is 1.81 bits per heavy atom. The lowest BCUT2D eigenvalue weighted by Gasteiger charge is -2.39. The van der Waals surface area contributed by atoms with Crippen LogP contribution in [0.15, 0.2) is 52.9 Å². The molecule has 1 aromatic heterocycles. The van der Waals surface area contributed by atoms with Crippen molar-refractivity contribution >= 4 is 37.3 Å². The van der Waals surface area contributed by atoms with Crippen LogP contribution in [0.5, 0.6) is 0 Å². The third kappa shape index (κ3) is 5.05. The first kappa shape index (κ1) is 25.3. The summed E-state index contributed by atoms with van der Waals surface area (Å²) in [5.41, 5.74) is 4.43. The summed E-state index contributed by atoms with van der Waals surface area (Å²) < 4.78 is 56.0. The highest BCUT2D eigenvalue weighted by atomic mass is 32.2. The molecule has 2 aromatic carbocycles. The van der Waals surface area contributed by atoms with Crippen molar-refractivity contribution < 1.29 is 22.0 Å². The van der Waals surface area contributed by atoms with Crippen molar-refractivity contribution in [3.63, 3.8) is 0 Å². The van der Waals surface area contributed by atoms with Crippen LogP contribution in [-0.4, -0.2) is 41.4 Å². The monoisotopic (exact) mass is 532 g/mol. The van der Waals surface area contributed by atoms with Crippen molar-refractivity contribution in [2.75, 3.05) is 0 Å². The number of carbonyl (C=O) groups excluding carboxylic acids is 1. The highest BCUT2D eigenvalue weighted by Crippen LogP contribution is 2.40. The molecule has 0 radical (unpaired) electrons. The molecule has 0 saturated heterocycles. The average molecular weight is 533 g/mol. The van der Waals surface area contributed by atoms with E-state index in [1.165, 1.54) is 11.3 Å². The molecule has 0 spiro atoms. The number of fused-ring (bicyclic) bond motifs is 1. The summed E-state index contributed by atoms with van der Waals surface area (Å²) in [6, 6.07) is 12.2. The van der Waals surface area contributed by atoms with Gasteiger partial charge in [0, 0.05) is 25.4 Å². The van der Waals surface area contributed by atoms with Gasteiger partial charge in [-0.25, -0.2) is 22.2 Å². The molecule has 0 aliphatic heterocycles. The van der Waals surface area contributed by atoms with Crippen LogP contribution in [0.2, 0.25) is 0 Å². The second-order valence-corrected chi connectivity index (χ2v) is 13.2. The smallest absolute Gasteiger partial charge is 0.248 e. The minimum atomic E-state index is -3.70. The number of thiazole rings is 1. The molecule has 192 valence electrons. The topological polar surface area (TPSA) is 67.3 Å². The van der Waals surface area contributed by atoms with Crippen molar-refractivity contribution in [3.05, 3.63) is 59.1 Å². The van der Waals surface area contributed by atoms with E-state index < -0.39 is 26.9 Å². The van der Waals surface area contributed by atoms with Crippen molar-refractivity contribution in [1.29, 1.82) is 0 Å². The predicted molar refractivity (Wildman–Crippen MR) is 137 cm³/mol. The molecule has 9 heteroatoms. The highest BCUT2D eigenvalue weighted by molar-refractivity contribution is 7.92. The standard InChI is InChI=1S/C27H30F2N2O3S2/c1-18-5-8-21(9-6-18)36(33,34)25-4-2-3-22(25)26(32)31(20-11-13-27(28,29)14-12-20)16-19-7-10-24-23(15-19)30-17-35-24/h5-10,15,17,20,22,25H,2-4,11-14,16H2,1H3/t22-,25-/m0/s1. The third-order valence-corrected chi connectivity index (χ3v) is 10.8. The van der Waals surface area contributed by atoms with E-state index in [1.807, 2.05) is 25.1 Å². The number of halogens is 2. The number of sulfone groups is 1. The first-order chi connectivity index (χ1) is 17.1. The Hall–Kier alpha value is -2.39. The molecule has 2 aliphatic carbocycles. The summed E-state index contributed by atoms with van der Waals surface area (Å²) in [6.45, 7) is 2.16. The molecule has 1 heterocycles. The van der Waals surface area contributed by atoms with Gasteiger partial charge in [0.25, 0.3) is 0 Å².